The third kappa shape index (κ3) is 1.89. The lowest BCUT2D eigenvalue weighted by Gasteiger charge is -2.02. The first-order chi connectivity index (χ1) is 10.2. The number of hydrogen-bond acceptors (Lipinski definition) is 1. The Balaban J connectivity index is 1.98. The molecule has 0 spiro atoms. The van der Waals surface area contributed by atoms with Crippen LogP contribution >= 0.6 is 11.6 Å². The van der Waals surface area contributed by atoms with E-state index in [0.29, 0.717) is 5.52 Å². The fourth-order valence-corrected chi connectivity index (χ4v) is 2.79. The van der Waals surface area contributed by atoms with E-state index in [9.17, 15) is 4.39 Å². The van der Waals surface area contributed by atoms with Crippen molar-refractivity contribution in [3.05, 3.63) is 65.6 Å². The number of nitrogens with zero attached hydrogens (tertiary/aromatic N) is 1. The molecule has 21 heavy (non-hydrogen) atoms. The van der Waals surface area contributed by atoms with E-state index in [-0.39, 0.29) is 5.02 Å². The number of nitrogens with one attached hydrogen (secondary N) is 1. The summed E-state index contributed by atoms with van der Waals surface area (Å²) in [6.45, 7) is 0. The zero-order chi connectivity index (χ0) is 14.4. The zero-order valence-electron chi connectivity index (χ0n) is 10.9. The molecule has 0 saturated heterocycles. The number of pyridine rings is 1. The SMILES string of the molecule is Fc1ccc2c(-c3ccc4ccccc4n3)c[nH]c2c1Cl. The number of halogens is 2. The van der Waals surface area contributed by atoms with Gasteiger partial charge in [-0.2, -0.15) is 0 Å². The van der Waals surface area contributed by atoms with Crippen molar-refractivity contribution in [2.45, 2.75) is 0 Å². The Labute approximate surface area is 125 Å². The summed E-state index contributed by atoms with van der Waals surface area (Å²) in [6.07, 6.45) is 1.81. The summed E-state index contributed by atoms with van der Waals surface area (Å²) in [6, 6.07) is 15.0. The molecule has 0 radical (unpaired) electrons. The van der Waals surface area contributed by atoms with Crippen molar-refractivity contribution in [3.63, 3.8) is 0 Å². The topological polar surface area (TPSA) is 28.7 Å². The molecule has 0 aliphatic heterocycles. The predicted octanol–water partition coefficient (Wildman–Crippen LogP) is 5.18. The molecule has 2 aromatic heterocycles. The molecular weight excluding hydrogens is 287 g/mol. The monoisotopic (exact) mass is 296 g/mol. The van der Waals surface area contributed by atoms with Crippen LogP contribution in [0.15, 0.2) is 54.7 Å². The van der Waals surface area contributed by atoms with Crippen LogP contribution in [0.4, 0.5) is 4.39 Å². The lowest BCUT2D eigenvalue weighted by Crippen LogP contribution is -1.84. The van der Waals surface area contributed by atoms with Crippen molar-refractivity contribution in [2.75, 3.05) is 0 Å². The molecule has 0 amide bonds. The van der Waals surface area contributed by atoms with E-state index in [2.05, 4.69) is 9.97 Å². The Hall–Kier alpha value is -2.39. The van der Waals surface area contributed by atoms with Crippen LogP contribution in [-0.4, -0.2) is 9.97 Å². The lowest BCUT2D eigenvalue weighted by atomic mass is 10.1. The van der Waals surface area contributed by atoms with Crippen molar-refractivity contribution in [1.82, 2.24) is 9.97 Å². The molecule has 1 N–H and O–H groups in total. The molecule has 102 valence electrons. The molecule has 4 rings (SSSR count). The van der Waals surface area contributed by atoms with Gasteiger partial charge in [-0.25, -0.2) is 9.37 Å². The smallest absolute Gasteiger partial charge is 0.143 e. The summed E-state index contributed by atoms with van der Waals surface area (Å²) in [5, 5.41) is 2.06. The Bertz CT molecular complexity index is 975. The van der Waals surface area contributed by atoms with Gasteiger partial charge in [-0.05, 0) is 24.3 Å². The highest BCUT2D eigenvalue weighted by molar-refractivity contribution is 6.35. The van der Waals surface area contributed by atoms with Crippen LogP contribution in [0.1, 0.15) is 0 Å². The molecular formula is C17H10ClFN2. The third-order valence-corrected chi connectivity index (χ3v) is 3.99. The van der Waals surface area contributed by atoms with Gasteiger partial charge in [0.15, 0.2) is 0 Å². The minimum atomic E-state index is -0.427. The average molecular weight is 297 g/mol. The van der Waals surface area contributed by atoms with Gasteiger partial charge in [0.1, 0.15) is 10.8 Å². The van der Waals surface area contributed by atoms with Crippen LogP contribution < -0.4 is 0 Å². The zero-order valence-corrected chi connectivity index (χ0v) is 11.7. The molecule has 0 aliphatic rings. The molecule has 2 aromatic carbocycles. The molecule has 4 heteroatoms. The van der Waals surface area contributed by atoms with Gasteiger partial charge in [0.2, 0.25) is 0 Å². The highest BCUT2D eigenvalue weighted by Gasteiger charge is 2.12. The van der Waals surface area contributed by atoms with E-state index in [4.69, 9.17) is 11.6 Å². The largest absolute Gasteiger partial charge is 0.359 e. The van der Waals surface area contributed by atoms with Crippen LogP contribution in [0.2, 0.25) is 5.02 Å². The number of aromatic amines is 1. The fraction of sp³-hybridized carbons (Fsp3) is 0. The second-order valence-electron chi connectivity index (χ2n) is 4.88. The molecule has 2 heterocycles. The summed E-state index contributed by atoms with van der Waals surface area (Å²) in [7, 11) is 0. The second kappa shape index (κ2) is 4.57. The summed E-state index contributed by atoms with van der Waals surface area (Å²) in [4.78, 5) is 7.69. The summed E-state index contributed by atoms with van der Waals surface area (Å²) in [5.41, 5.74) is 3.28. The first kappa shape index (κ1) is 12.4. The minimum absolute atomic E-state index is 0.111. The molecule has 0 atom stereocenters. The molecule has 0 fully saturated rings. The number of fused-ring (bicyclic) bond motifs is 2. The van der Waals surface area contributed by atoms with Gasteiger partial charge in [0.25, 0.3) is 0 Å². The van der Waals surface area contributed by atoms with Crippen LogP contribution in [0.25, 0.3) is 33.1 Å². The standard InChI is InChI=1S/C17H10ClFN2/c18-16-13(19)7-6-11-12(9-20-17(11)16)15-8-5-10-3-1-2-4-14(10)21-15/h1-9,20H. The van der Waals surface area contributed by atoms with E-state index >= 15 is 0 Å². The Morgan fingerprint density at radius 3 is 2.76 bits per heavy atom. The van der Waals surface area contributed by atoms with Crippen LogP contribution in [0, 0.1) is 5.82 Å². The maximum absolute atomic E-state index is 13.5. The molecule has 0 bridgehead atoms. The number of H-pyrrole nitrogens is 1. The molecule has 4 aromatic rings. The highest BCUT2D eigenvalue weighted by Crippen LogP contribution is 2.33. The van der Waals surface area contributed by atoms with Crippen molar-refractivity contribution in [2.24, 2.45) is 0 Å². The molecule has 0 unspecified atom stereocenters. The van der Waals surface area contributed by atoms with Gasteiger partial charge in [0, 0.05) is 22.5 Å². The van der Waals surface area contributed by atoms with Crippen molar-refractivity contribution < 1.29 is 4.39 Å². The van der Waals surface area contributed by atoms with E-state index in [1.54, 1.807) is 6.07 Å². The first-order valence-corrected chi connectivity index (χ1v) is 6.93. The predicted molar refractivity (Wildman–Crippen MR) is 84.0 cm³/mol. The van der Waals surface area contributed by atoms with Crippen LogP contribution in [-0.2, 0) is 0 Å². The summed E-state index contributed by atoms with van der Waals surface area (Å²) < 4.78 is 13.5. The van der Waals surface area contributed by atoms with Crippen molar-refractivity contribution in [3.8, 4) is 11.3 Å². The number of hydrogen-bond donors (Lipinski definition) is 1. The van der Waals surface area contributed by atoms with E-state index in [0.717, 1.165) is 27.5 Å². The molecule has 0 aliphatic carbocycles. The van der Waals surface area contributed by atoms with Crippen LogP contribution in [0.3, 0.4) is 0 Å². The average Bonchev–Trinajstić information content (AvgIpc) is 2.95. The van der Waals surface area contributed by atoms with Gasteiger partial charge in [-0.1, -0.05) is 35.9 Å². The van der Waals surface area contributed by atoms with E-state index < -0.39 is 5.82 Å². The Kier molecular flexibility index (Phi) is 2.69. The van der Waals surface area contributed by atoms with Crippen LogP contribution in [0.5, 0.6) is 0 Å². The first-order valence-electron chi connectivity index (χ1n) is 6.55. The maximum Gasteiger partial charge on any atom is 0.143 e. The van der Waals surface area contributed by atoms with Gasteiger partial charge in [-0.15, -0.1) is 0 Å². The number of rotatable bonds is 1. The number of benzene rings is 2. The van der Waals surface area contributed by atoms with E-state index in [1.807, 2.05) is 42.6 Å². The van der Waals surface area contributed by atoms with Gasteiger partial charge in [-0.3, -0.25) is 0 Å². The highest BCUT2D eigenvalue weighted by atomic mass is 35.5. The van der Waals surface area contributed by atoms with Crippen molar-refractivity contribution >= 4 is 33.4 Å². The number of aromatic nitrogens is 2. The third-order valence-electron chi connectivity index (χ3n) is 3.62. The normalized spacial score (nSPS) is 11.3. The molecule has 2 nitrogen and oxygen atoms in total. The molecule has 0 saturated carbocycles. The van der Waals surface area contributed by atoms with Gasteiger partial charge in [0.05, 0.1) is 16.7 Å². The van der Waals surface area contributed by atoms with Gasteiger partial charge >= 0.3 is 0 Å². The van der Waals surface area contributed by atoms with Gasteiger partial charge < -0.3 is 4.98 Å². The fourth-order valence-electron chi connectivity index (χ4n) is 2.57. The summed E-state index contributed by atoms with van der Waals surface area (Å²) >= 11 is 6.00. The Morgan fingerprint density at radius 1 is 1.00 bits per heavy atom. The lowest BCUT2D eigenvalue weighted by molar-refractivity contribution is 0.630. The summed E-state index contributed by atoms with van der Waals surface area (Å²) in [5.74, 6) is -0.427. The quantitative estimate of drug-likeness (QED) is 0.515. The second-order valence-corrected chi connectivity index (χ2v) is 5.25. The van der Waals surface area contributed by atoms with E-state index in [1.165, 1.54) is 6.07 Å². The minimum Gasteiger partial charge on any atom is -0.359 e. The number of para-hydroxylation sites is 1. The maximum atomic E-state index is 13.5. The Morgan fingerprint density at radius 2 is 1.86 bits per heavy atom. The van der Waals surface area contributed by atoms with Crippen molar-refractivity contribution in [1.29, 1.82) is 0 Å².